The summed E-state index contributed by atoms with van der Waals surface area (Å²) in [5, 5.41) is 12.4. The van der Waals surface area contributed by atoms with Crippen molar-refractivity contribution < 1.29 is 22.8 Å². The summed E-state index contributed by atoms with van der Waals surface area (Å²) in [6.07, 6.45) is -1.72. The number of benzene rings is 2. The van der Waals surface area contributed by atoms with Gasteiger partial charge in [0.1, 0.15) is 12.0 Å². The number of carbonyl (C=O) groups is 2. The lowest BCUT2D eigenvalue weighted by Crippen LogP contribution is -2.21. The summed E-state index contributed by atoms with van der Waals surface area (Å²) >= 11 is 0. The zero-order chi connectivity index (χ0) is 22.8. The Kier molecular flexibility index (Phi) is 5.77. The molecule has 3 rings (SSSR count). The molecule has 0 radical (unpaired) electrons. The van der Waals surface area contributed by atoms with Gasteiger partial charge < -0.3 is 20.9 Å². The molecule has 160 valence electrons. The topological polar surface area (TPSA) is 126 Å². The van der Waals surface area contributed by atoms with E-state index in [0.717, 1.165) is 17.7 Å². The molecule has 0 aliphatic heterocycles. The molecule has 11 heteroatoms. The number of nitrogens with two attached hydrogens (primary N) is 1. The first kappa shape index (κ1) is 21.6. The Bertz CT molecular complexity index is 1170. The summed E-state index contributed by atoms with van der Waals surface area (Å²) in [6, 6.07) is 7.56. The molecule has 0 unspecified atom stereocenters. The van der Waals surface area contributed by atoms with Crippen molar-refractivity contribution in [2.24, 2.45) is 5.73 Å². The van der Waals surface area contributed by atoms with Gasteiger partial charge in [-0.15, -0.1) is 0 Å². The van der Waals surface area contributed by atoms with Gasteiger partial charge in [0.15, 0.2) is 12.2 Å². The van der Waals surface area contributed by atoms with Crippen LogP contribution in [-0.4, -0.2) is 27.7 Å². The van der Waals surface area contributed by atoms with Gasteiger partial charge in [0.2, 0.25) is 0 Å². The number of aldehydes is 1. The Labute approximate surface area is 174 Å². The highest BCUT2D eigenvalue weighted by Crippen LogP contribution is 2.33. The largest absolute Gasteiger partial charge is 0.416 e. The summed E-state index contributed by atoms with van der Waals surface area (Å²) in [4.78, 5) is 27.3. The molecule has 0 saturated heterocycles. The smallest absolute Gasteiger partial charge is 0.370 e. The Morgan fingerprint density at radius 3 is 2.55 bits per heavy atom. The first-order chi connectivity index (χ1) is 14.6. The molecule has 1 amide bonds. The molecule has 0 aliphatic carbocycles. The molecule has 31 heavy (non-hydrogen) atoms. The number of aromatic nitrogens is 2. The van der Waals surface area contributed by atoms with Crippen LogP contribution in [0.25, 0.3) is 5.69 Å². The summed E-state index contributed by atoms with van der Waals surface area (Å²) in [7, 11) is 0. The predicted molar refractivity (Wildman–Crippen MR) is 109 cm³/mol. The third kappa shape index (κ3) is 5.07. The summed E-state index contributed by atoms with van der Waals surface area (Å²) in [5.41, 5.74) is 5.65. The molecule has 0 fully saturated rings. The normalized spacial score (nSPS) is 11.1. The van der Waals surface area contributed by atoms with E-state index in [4.69, 9.17) is 11.1 Å². The van der Waals surface area contributed by atoms with Gasteiger partial charge in [0.05, 0.1) is 5.56 Å². The minimum Gasteiger partial charge on any atom is -0.370 e. The van der Waals surface area contributed by atoms with E-state index < -0.39 is 17.6 Å². The Morgan fingerprint density at radius 2 is 1.94 bits per heavy atom. The van der Waals surface area contributed by atoms with Gasteiger partial charge >= 0.3 is 6.18 Å². The maximum absolute atomic E-state index is 13.4. The van der Waals surface area contributed by atoms with Gasteiger partial charge in [-0.25, -0.2) is 4.98 Å². The van der Waals surface area contributed by atoms with Crippen LogP contribution >= 0.6 is 0 Å². The number of aryl methyl sites for hydroxylation is 1. The van der Waals surface area contributed by atoms with Crippen LogP contribution in [0.15, 0.2) is 48.9 Å². The van der Waals surface area contributed by atoms with Crippen LogP contribution in [-0.2, 0) is 6.18 Å². The number of carbonyl (C=O) groups excluding carboxylic acids is 2. The van der Waals surface area contributed by atoms with E-state index in [9.17, 15) is 22.8 Å². The predicted octanol–water partition coefficient (Wildman–Crippen LogP) is 3.57. The minimum atomic E-state index is -4.66. The highest BCUT2D eigenvalue weighted by atomic mass is 19.4. The van der Waals surface area contributed by atoms with E-state index in [1.54, 1.807) is 13.0 Å². The number of nitrogens with zero attached hydrogens (tertiary/aromatic N) is 2. The molecule has 0 atom stereocenters. The van der Waals surface area contributed by atoms with Gasteiger partial charge in [-0.2, -0.15) is 13.2 Å². The molecule has 0 aliphatic rings. The molecular formula is C20H17F3N6O2. The van der Waals surface area contributed by atoms with Gasteiger partial charge in [-0.1, -0.05) is 6.07 Å². The number of rotatable bonds is 5. The molecule has 0 bridgehead atoms. The van der Waals surface area contributed by atoms with Gasteiger partial charge in [0, 0.05) is 28.8 Å². The van der Waals surface area contributed by atoms with Crippen LogP contribution in [0.5, 0.6) is 0 Å². The molecule has 8 nitrogen and oxygen atoms in total. The van der Waals surface area contributed by atoms with Crippen molar-refractivity contribution in [2.45, 2.75) is 13.1 Å². The van der Waals surface area contributed by atoms with Crippen molar-refractivity contribution in [3.8, 4) is 5.69 Å². The quantitative estimate of drug-likeness (QED) is 0.280. The maximum atomic E-state index is 13.4. The highest BCUT2D eigenvalue weighted by molar-refractivity contribution is 6.05. The van der Waals surface area contributed by atoms with Crippen LogP contribution in [0, 0.1) is 12.3 Å². The Hall–Kier alpha value is -4.15. The van der Waals surface area contributed by atoms with Crippen molar-refractivity contribution in [3.05, 3.63) is 71.3 Å². The second-order valence-corrected chi connectivity index (χ2v) is 6.61. The number of halogens is 3. The zero-order valence-corrected chi connectivity index (χ0v) is 16.1. The summed E-state index contributed by atoms with van der Waals surface area (Å²) in [6.45, 7) is 1.74. The molecule has 1 aromatic heterocycles. The van der Waals surface area contributed by atoms with E-state index in [-0.39, 0.29) is 28.6 Å². The van der Waals surface area contributed by atoms with Crippen molar-refractivity contribution in [1.82, 2.24) is 9.55 Å². The van der Waals surface area contributed by atoms with Crippen LogP contribution < -0.4 is 16.4 Å². The lowest BCUT2D eigenvalue weighted by atomic mass is 10.1. The van der Waals surface area contributed by atoms with Crippen LogP contribution in [0.2, 0.25) is 0 Å². The van der Waals surface area contributed by atoms with Crippen molar-refractivity contribution in [3.63, 3.8) is 0 Å². The zero-order valence-electron chi connectivity index (χ0n) is 16.1. The number of guanidine groups is 1. The van der Waals surface area contributed by atoms with E-state index in [2.05, 4.69) is 15.6 Å². The standard InChI is InChI=1S/C20H17F3N6O2/c1-11-2-3-12(4-17(11)28-19(24)25)18(31)27-14-5-13(20(21,22)23)6-16(7-14)29-8-15(9-30)26-10-29/h2-10H,1H3,(H,27,31)(H4,24,25,28). The number of nitrogens with one attached hydrogen (secondary N) is 3. The van der Waals surface area contributed by atoms with Crippen molar-refractivity contribution >= 4 is 29.5 Å². The van der Waals surface area contributed by atoms with E-state index in [1.807, 2.05) is 0 Å². The number of alkyl halides is 3. The molecule has 1 heterocycles. The van der Waals surface area contributed by atoms with Crippen LogP contribution in [0.4, 0.5) is 24.5 Å². The van der Waals surface area contributed by atoms with Crippen molar-refractivity contribution in [2.75, 3.05) is 10.6 Å². The minimum absolute atomic E-state index is 0.0492. The van der Waals surface area contributed by atoms with Gasteiger partial charge in [-0.3, -0.25) is 15.0 Å². The van der Waals surface area contributed by atoms with Crippen LogP contribution in [0.3, 0.4) is 0 Å². The SMILES string of the molecule is Cc1ccc(C(=O)Nc2cc(-n3cnc(C=O)c3)cc(C(F)(F)F)c2)cc1NC(=N)N. The fourth-order valence-electron chi connectivity index (χ4n) is 2.78. The number of amides is 1. The average Bonchev–Trinajstić information content (AvgIpc) is 3.17. The average molecular weight is 430 g/mol. The van der Waals surface area contributed by atoms with E-state index in [0.29, 0.717) is 12.0 Å². The lowest BCUT2D eigenvalue weighted by molar-refractivity contribution is -0.137. The molecule has 2 aromatic carbocycles. The molecule has 3 aromatic rings. The fourth-order valence-corrected chi connectivity index (χ4v) is 2.78. The molecular weight excluding hydrogens is 413 g/mol. The number of hydrogen-bond acceptors (Lipinski definition) is 4. The monoisotopic (exact) mass is 430 g/mol. The first-order valence-corrected chi connectivity index (χ1v) is 8.81. The highest BCUT2D eigenvalue weighted by Gasteiger charge is 2.31. The first-order valence-electron chi connectivity index (χ1n) is 8.81. The third-order valence-electron chi connectivity index (χ3n) is 4.29. The Balaban J connectivity index is 1.96. The van der Waals surface area contributed by atoms with Gasteiger partial charge in [0.25, 0.3) is 5.91 Å². The third-order valence-corrected chi connectivity index (χ3v) is 4.29. The molecule has 0 spiro atoms. The fraction of sp³-hybridized carbons (Fsp3) is 0.100. The van der Waals surface area contributed by atoms with Gasteiger partial charge in [-0.05, 0) is 42.8 Å². The summed E-state index contributed by atoms with van der Waals surface area (Å²) in [5.74, 6) is -0.978. The second-order valence-electron chi connectivity index (χ2n) is 6.61. The number of hydrogen-bond donors (Lipinski definition) is 4. The maximum Gasteiger partial charge on any atom is 0.416 e. The lowest BCUT2D eigenvalue weighted by Gasteiger charge is -2.14. The Morgan fingerprint density at radius 1 is 1.19 bits per heavy atom. The van der Waals surface area contributed by atoms with E-state index in [1.165, 1.54) is 35.3 Å². The van der Waals surface area contributed by atoms with Crippen LogP contribution in [0.1, 0.15) is 32.0 Å². The van der Waals surface area contributed by atoms with E-state index >= 15 is 0 Å². The number of anilines is 2. The second kappa shape index (κ2) is 8.30. The summed E-state index contributed by atoms with van der Waals surface area (Å²) < 4.78 is 41.4. The number of imidazole rings is 1. The van der Waals surface area contributed by atoms with Crippen molar-refractivity contribution in [1.29, 1.82) is 5.41 Å². The molecule has 0 saturated carbocycles. The molecule has 5 N–H and O–H groups in total.